The molecule has 2 aliphatic heterocycles. The van der Waals surface area contributed by atoms with Crippen LogP contribution in [0.1, 0.15) is 38.5 Å². The van der Waals surface area contributed by atoms with Crippen molar-refractivity contribution in [1.29, 1.82) is 0 Å². The van der Waals surface area contributed by atoms with Gasteiger partial charge in [0.05, 0.1) is 23.0 Å². The molecule has 10 heteroatoms. The van der Waals surface area contributed by atoms with Crippen molar-refractivity contribution in [2.45, 2.75) is 48.3 Å². The van der Waals surface area contributed by atoms with E-state index in [1.807, 2.05) is 0 Å². The SMILES string of the molecule is O=S(=O)(c1ccc(S(=O)(=O)N2CCCN(CC3CCCCC3)CC2)cc1)N1CCOCC1. The molecule has 1 aromatic carbocycles. The van der Waals surface area contributed by atoms with Crippen molar-refractivity contribution < 1.29 is 21.6 Å². The third-order valence-corrected chi connectivity index (χ3v) is 10.7. The molecule has 1 aliphatic carbocycles. The van der Waals surface area contributed by atoms with Crippen LogP contribution in [-0.4, -0.2) is 89.4 Å². The van der Waals surface area contributed by atoms with Crippen LogP contribution in [0.3, 0.4) is 0 Å². The van der Waals surface area contributed by atoms with Gasteiger partial charge < -0.3 is 9.64 Å². The van der Waals surface area contributed by atoms with E-state index in [1.165, 1.54) is 60.7 Å². The molecule has 0 N–H and O–H groups in total. The van der Waals surface area contributed by atoms with Gasteiger partial charge in [-0.25, -0.2) is 16.8 Å². The van der Waals surface area contributed by atoms with Crippen molar-refractivity contribution in [2.75, 3.05) is 59.0 Å². The maximum Gasteiger partial charge on any atom is 0.243 e. The molecule has 1 saturated carbocycles. The second-order valence-corrected chi connectivity index (χ2v) is 12.9. The predicted molar refractivity (Wildman–Crippen MR) is 122 cm³/mol. The Bertz CT molecular complexity index is 954. The molecule has 0 radical (unpaired) electrons. The average molecular weight is 486 g/mol. The lowest BCUT2D eigenvalue weighted by molar-refractivity contribution is 0.0730. The van der Waals surface area contributed by atoms with Gasteiger partial charge in [-0.2, -0.15) is 8.61 Å². The van der Waals surface area contributed by atoms with E-state index in [-0.39, 0.29) is 9.79 Å². The predicted octanol–water partition coefficient (Wildman–Crippen LogP) is 1.98. The zero-order chi connectivity index (χ0) is 22.6. The number of benzene rings is 1. The van der Waals surface area contributed by atoms with Crippen LogP contribution < -0.4 is 0 Å². The monoisotopic (exact) mass is 485 g/mol. The van der Waals surface area contributed by atoms with E-state index in [0.717, 1.165) is 32.0 Å². The highest BCUT2D eigenvalue weighted by molar-refractivity contribution is 7.89. The van der Waals surface area contributed by atoms with Crippen molar-refractivity contribution >= 4 is 20.0 Å². The van der Waals surface area contributed by atoms with Crippen molar-refractivity contribution in [3.63, 3.8) is 0 Å². The Kier molecular flexibility index (Phi) is 7.89. The Morgan fingerprint density at radius 2 is 1.25 bits per heavy atom. The lowest BCUT2D eigenvalue weighted by atomic mass is 9.89. The molecule has 4 rings (SSSR count). The molecule has 0 amide bonds. The van der Waals surface area contributed by atoms with Crippen LogP contribution in [0.15, 0.2) is 34.1 Å². The molecule has 3 aliphatic rings. The van der Waals surface area contributed by atoms with Gasteiger partial charge in [0.25, 0.3) is 0 Å². The average Bonchev–Trinajstić information content (AvgIpc) is 3.06. The highest BCUT2D eigenvalue weighted by Gasteiger charge is 2.30. The first kappa shape index (κ1) is 24.1. The van der Waals surface area contributed by atoms with Crippen LogP contribution in [0.4, 0.5) is 0 Å². The number of morpholine rings is 1. The van der Waals surface area contributed by atoms with E-state index >= 15 is 0 Å². The number of ether oxygens (including phenoxy) is 1. The summed E-state index contributed by atoms with van der Waals surface area (Å²) < 4.78 is 60.2. The van der Waals surface area contributed by atoms with E-state index < -0.39 is 20.0 Å². The molecule has 8 nitrogen and oxygen atoms in total. The molecule has 2 saturated heterocycles. The number of sulfonamides is 2. The number of hydrogen-bond donors (Lipinski definition) is 0. The molecule has 0 spiro atoms. The lowest BCUT2D eigenvalue weighted by Crippen LogP contribution is -2.40. The molecule has 180 valence electrons. The lowest BCUT2D eigenvalue weighted by Gasteiger charge is -2.28. The number of rotatable bonds is 6. The molecule has 0 bridgehead atoms. The highest BCUT2D eigenvalue weighted by Crippen LogP contribution is 2.26. The van der Waals surface area contributed by atoms with Gasteiger partial charge in [0.15, 0.2) is 0 Å². The summed E-state index contributed by atoms with van der Waals surface area (Å²) in [4.78, 5) is 2.69. The van der Waals surface area contributed by atoms with Crippen molar-refractivity contribution in [3.8, 4) is 0 Å². The topological polar surface area (TPSA) is 87.2 Å². The molecule has 0 unspecified atom stereocenters. The van der Waals surface area contributed by atoms with Gasteiger partial charge in [-0.05, 0) is 56.0 Å². The van der Waals surface area contributed by atoms with Gasteiger partial charge in [0, 0.05) is 39.3 Å². The third-order valence-electron chi connectivity index (χ3n) is 6.86. The largest absolute Gasteiger partial charge is 0.379 e. The molecule has 0 aromatic heterocycles. The Morgan fingerprint density at radius 3 is 1.84 bits per heavy atom. The van der Waals surface area contributed by atoms with Crippen LogP contribution in [-0.2, 0) is 24.8 Å². The molecule has 2 heterocycles. The van der Waals surface area contributed by atoms with Crippen LogP contribution in [0.5, 0.6) is 0 Å². The smallest absolute Gasteiger partial charge is 0.243 e. The first-order valence-electron chi connectivity index (χ1n) is 11.8. The van der Waals surface area contributed by atoms with Crippen LogP contribution in [0.25, 0.3) is 0 Å². The summed E-state index contributed by atoms with van der Waals surface area (Å²) in [5, 5.41) is 0. The molecule has 32 heavy (non-hydrogen) atoms. The second-order valence-electron chi connectivity index (χ2n) is 9.05. The van der Waals surface area contributed by atoms with E-state index in [4.69, 9.17) is 4.74 Å². The summed E-state index contributed by atoms with van der Waals surface area (Å²) in [6.07, 6.45) is 7.37. The molecule has 1 aromatic rings. The van der Waals surface area contributed by atoms with Crippen molar-refractivity contribution in [1.82, 2.24) is 13.5 Å². The quantitative estimate of drug-likeness (QED) is 0.612. The minimum atomic E-state index is -3.65. The van der Waals surface area contributed by atoms with Gasteiger partial charge in [0.1, 0.15) is 0 Å². The zero-order valence-electron chi connectivity index (χ0n) is 18.7. The third kappa shape index (κ3) is 5.53. The molecular formula is C22H35N3O5S2. The van der Waals surface area contributed by atoms with Crippen LogP contribution in [0, 0.1) is 5.92 Å². The van der Waals surface area contributed by atoms with Crippen molar-refractivity contribution in [2.24, 2.45) is 5.92 Å². The summed E-state index contributed by atoms with van der Waals surface area (Å²) in [7, 11) is -7.29. The van der Waals surface area contributed by atoms with Gasteiger partial charge in [0.2, 0.25) is 20.0 Å². The number of nitrogens with zero attached hydrogens (tertiary/aromatic N) is 3. The summed E-state index contributed by atoms with van der Waals surface area (Å²) in [5.41, 5.74) is 0. The Balaban J connectivity index is 1.40. The standard InChI is InChI=1S/C22H35N3O5S2/c26-31(27,24-12-4-11-23(13-14-24)19-20-5-2-1-3-6-20)21-7-9-22(10-8-21)32(28,29)25-15-17-30-18-16-25/h7-10,20H,1-6,11-19H2. The highest BCUT2D eigenvalue weighted by atomic mass is 32.2. The normalized spacial score (nSPS) is 23.8. The zero-order valence-corrected chi connectivity index (χ0v) is 20.3. The summed E-state index contributed by atoms with van der Waals surface area (Å²) in [6.45, 7) is 5.10. The molecular weight excluding hydrogens is 450 g/mol. The fraction of sp³-hybridized carbons (Fsp3) is 0.727. The van der Waals surface area contributed by atoms with Gasteiger partial charge in [-0.3, -0.25) is 0 Å². The fourth-order valence-electron chi connectivity index (χ4n) is 4.97. The first-order valence-corrected chi connectivity index (χ1v) is 14.7. The van der Waals surface area contributed by atoms with Crippen LogP contribution >= 0.6 is 0 Å². The fourth-order valence-corrected chi connectivity index (χ4v) is 7.85. The van der Waals surface area contributed by atoms with Gasteiger partial charge in [-0.1, -0.05) is 19.3 Å². The first-order chi connectivity index (χ1) is 15.4. The van der Waals surface area contributed by atoms with Crippen LogP contribution in [0.2, 0.25) is 0 Å². The van der Waals surface area contributed by atoms with E-state index in [9.17, 15) is 16.8 Å². The minimum Gasteiger partial charge on any atom is -0.379 e. The Labute approximate surface area is 192 Å². The summed E-state index contributed by atoms with van der Waals surface area (Å²) in [5.74, 6) is 0.743. The Morgan fingerprint density at radius 1 is 0.688 bits per heavy atom. The molecule has 0 atom stereocenters. The van der Waals surface area contributed by atoms with Crippen molar-refractivity contribution in [3.05, 3.63) is 24.3 Å². The van der Waals surface area contributed by atoms with Gasteiger partial charge >= 0.3 is 0 Å². The number of hydrogen-bond acceptors (Lipinski definition) is 6. The Hall–Kier alpha value is -1.04. The maximum absolute atomic E-state index is 13.2. The van der Waals surface area contributed by atoms with E-state index in [2.05, 4.69) is 4.90 Å². The van der Waals surface area contributed by atoms with E-state index in [1.54, 1.807) is 4.31 Å². The second kappa shape index (κ2) is 10.5. The summed E-state index contributed by atoms with van der Waals surface area (Å²) >= 11 is 0. The van der Waals surface area contributed by atoms with Gasteiger partial charge in [-0.15, -0.1) is 0 Å². The van der Waals surface area contributed by atoms with E-state index in [0.29, 0.717) is 39.4 Å². The minimum absolute atomic E-state index is 0.118. The molecule has 3 fully saturated rings. The maximum atomic E-state index is 13.2. The summed E-state index contributed by atoms with van der Waals surface area (Å²) in [6, 6.07) is 5.66.